The summed E-state index contributed by atoms with van der Waals surface area (Å²) in [6.45, 7) is 5.51. The lowest BCUT2D eigenvalue weighted by atomic mass is 10.0. The highest BCUT2D eigenvalue weighted by atomic mass is 16.5. The summed E-state index contributed by atoms with van der Waals surface area (Å²) in [6, 6.07) is 5.72. The number of rotatable bonds is 8. The highest BCUT2D eigenvalue weighted by molar-refractivity contribution is 5.50. The van der Waals surface area contributed by atoms with Gasteiger partial charge in [0.05, 0.1) is 25.8 Å². The lowest BCUT2D eigenvalue weighted by Gasteiger charge is -2.16. The molecule has 0 amide bonds. The summed E-state index contributed by atoms with van der Waals surface area (Å²) < 4.78 is 11.2. The first-order valence-electron chi connectivity index (χ1n) is 7.74. The molecule has 1 aromatic rings. The Kier molecular flexibility index (Phi) is 8.38. The van der Waals surface area contributed by atoms with E-state index in [0.717, 1.165) is 30.1 Å². The second-order valence-corrected chi connectivity index (χ2v) is 5.10. The Labute approximate surface area is 128 Å². The minimum absolute atomic E-state index is 0.338. The molecule has 0 aliphatic heterocycles. The molecule has 116 valence electrons. The molecule has 1 aromatic carbocycles. The molecule has 3 heteroatoms. The van der Waals surface area contributed by atoms with Gasteiger partial charge in [-0.15, -0.1) is 0 Å². The van der Waals surface area contributed by atoms with Gasteiger partial charge in [-0.25, -0.2) is 0 Å². The molecule has 3 nitrogen and oxygen atoms in total. The van der Waals surface area contributed by atoms with Crippen LogP contribution in [0.3, 0.4) is 0 Å². The van der Waals surface area contributed by atoms with Crippen LogP contribution in [0.1, 0.15) is 45.1 Å². The van der Waals surface area contributed by atoms with Gasteiger partial charge < -0.3 is 15.2 Å². The summed E-state index contributed by atoms with van der Waals surface area (Å²) in [5.74, 6) is 8.12. The molecule has 0 fully saturated rings. The number of hydrogen-bond donors (Lipinski definition) is 1. The van der Waals surface area contributed by atoms with Crippen molar-refractivity contribution in [3.05, 3.63) is 23.8 Å². The van der Waals surface area contributed by atoms with E-state index >= 15 is 0 Å². The highest BCUT2D eigenvalue weighted by Crippen LogP contribution is 2.25. The molecule has 0 aliphatic rings. The third-order valence-electron chi connectivity index (χ3n) is 3.53. The fourth-order valence-electron chi connectivity index (χ4n) is 2.11. The normalized spacial score (nSPS) is 11.4. The third kappa shape index (κ3) is 6.10. The van der Waals surface area contributed by atoms with Gasteiger partial charge >= 0.3 is 0 Å². The molecule has 2 N–H and O–H groups in total. The Morgan fingerprint density at radius 2 is 2.10 bits per heavy atom. The molecule has 0 aliphatic carbocycles. The van der Waals surface area contributed by atoms with Crippen molar-refractivity contribution in [3.63, 3.8) is 0 Å². The second kappa shape index (κ2) is 10.1. The first-order valence-corrected chi connectivity index (χ1v) is 7.74. The summed E-state index contributed by atoms with van der Waals surface area (Å²) in [4.78, 5) is 0. The molecule has 0 radical (unpaired) electrons. The molecule has 0 bridgehead atoms. The number of hydrogen-bond acceptors (Lipinski definition) is 3. The van der Waals surface area contributed by atoms with E-state index in [1.165, 1.54) is 19.3 Å². The summed E-state index contributed by atoms with van der Waals surface area (Å²) in [5, 5.41) is 0. The minimum Gasteiger partial charge on any atom is -0.497 e. The number of ether oxygens (including phenoxy) is 2. The van der Waals surface area contributed by atoms with Gasteiger partial charge in [0.1, 0.15) is 11.5 Å². The molecule has 1 rings (SSSR count). The van der Waals surface area contributed by atoms with Gasteiger partial charge in [0.25, 0.3) is 0 Å². The quantitative estimate of drug-likeness (QED) is 0.744. The van der Waals surface area contributed by atoms with Crippen molar-refractivity contribution in [2.24, 2.45) is 11.7 Å². The fourth-order valence-corrected chi connectivity index (χ4v) is 2.11. The Morgan fingerprint density at radius 1 is 1.29 bits per heavy atom. The van der Waals surface area contributed by atoms with Crippen molar-refractivity contribution in [1.29, 1.82) is 0 Å². The van der Waals surface area contributed by atoms with Crippen LogP contribution in [0.4, 0.5) is 0 Å². The van der Waals surface area contributed by atoms with E-state index in [0.29, 0.717) is 12.5 Å². The van der Waals surface area contributed by atoms with E-state index in [1.807, 2.05) is 18.2 Å². The average molecular weight is 289 g/mol. The largest absolute Gasteiger partial charge is 0.497 e. The van der Waals surface area contributed by atoms with Gasteiger partial charge in [0.2, 0.25) is 0 Å². The van der Waals surface area contributed by atoms with E-state index in [9.17, 15) is 0 Å². The van der Waals surface area contributed by atoms with Crippen LogP contribution in [0.15, 0.2) is 18.2 Å². The van der Waals surface area contributed by atoms with Crippen LogP contribution in [-0.2, 0) is 0 Å². The molecule has 21 heavy (non-hydrogen) atoms. The smallest absolute Gasteiger partial charge is 0.135 e. The average Bonchev–Trinajstić information content (AvgIpc) is 2.53. The van der Waals surface area contributed by atoms with Crippen molar-refractivity contribution < 1.29 is 9.47 Å². The van der Waals surface area contributed by atoms with E-state index in [1.54, 1.807) is 7.11 Å². The first kappa shape index (κ1) is 17.4. The maximum Gasteiger partial charge on any atom is 0.135 e. The summed E-state index contributed by atoms with van der Waals surface area (Å²) in [7, 11) is 1.65. The number of nitrogens with two attached hydrogens (primary N) is 1. The molecule has 0 aromatic heterocycles. The molecule has 0 saturated heterocycles. The van der Waals surface area contributed by atoms with Crippen LogP contribution in [0, 0.1) is 17.8 Å². The van der Waals surface area contributed by atoms with E-state index < -0.39 is 0 Å². The topological polar surface area (TPSA) is 44.5 Å². The number of benzene rings is 1. The SMILES string of the molecule is CCCCC(CC)COc1ccc(OC)cc1C#CCN. The summed E-state index contributed by atoms with van der Waals surface area (Å²) >= 11 is 0. The standard InChI is InChI=1S/C18H27NO2/c1-4-6-8-15(5-2)14-21-18-11-10-17(20-3)13-16(18)9-7-12-19/h10-11,13,15H,4-6,8,12,14,19H2,1-3H3. The van der Waals surface area contributed by atoms with Gasteiger partial charge in [-0.05, 0) is 30.5 Å². The fraction of sp³-hybridized carbons (Fsp3) is 0.556. The lowest BCUT2D eigenvalue weighted by Crippen LogP contribution is -2.12. The van der Waals surface area contributed by atoms with Crippen molar-refractivity contribution in [3.8, 4) is 23.3 Å². The van der Waals surface area contributed by atoms with Crippen LogP contribution in [0.2, 0.25) is 0 Å². The molecule has 0 saturated carbocycles. The maximum atomic E-state index is 5.98. The molecule has 1 atom stereocenters. The van der Waals surface area contributed by atoms with Gasteiger partial charge in [-0.2, -0.15) is 0 Å². The highest BCUT2D eigenvalue weighted by Gasteiger charge is 2.09. The Hall–Kier alpha value is -1.66. The van der Waals surface area contributed by atoms with Crippen molar-refractivity contribution in [2.45, 2.75) is 39.5 Å². The Morgan fingerprint density at radius 3 is 2.71 bits per heavy atom. The minimum atomic E-state index is 0.338. The zero-order valence-electron chi connectivity index (χ0n) is 13.4. The number of methoxy groups -OCH3 is 1. The predicted octanol–water partition coefficient (Wildman–Crippen LogP) is 3.60. The van der Waals surface area contributed by atoms with Crippen molar-refractivity contribution in [2.75, 3.05) is 20.3 Å². The molecule has 1 unspecified atom stereocenters. The Balaban J connectivity index is 2.76. The van der Waals surface area contributed by atoms with Gasteiger partial charge in [-0.1, -0.05) is 45.0 Å². The zero-order chi connectivity index (χ0) is 15.5. The second-order valence-electron chi connectivity index (χ2n) is 5.10. The predicted molar refractivity (Wildman–Crippen MR) is 87.7 cm³/mol. The van der Waals surface area contributed by atoms with Gasteiger partial charge in [0.15, 0.2) is 0 Å². The molecule has 0 heterocycles. The van der Waals surface area contributed by atoms with Crippen LogP contribution in [0.25, 0.3) is 0 Å². The van der Waals surface area contributed by atoms with Gasteiger partial charge in [0, 0.05) is 0 Å². The van der Waals surface area contributed by atoms with Crippen molar-refractivity contribution in [1.82, 2.24) is 0 Å². The van der Waals surface area contributed by atoms with Crippen LogP contribution < -0.4 is 15.2 Å². The van der Waals surface area contributed by atoms with Crippen molar-refractivity contribution >= 4 is 0 Å². The lowest BCUT2D eigenvalue weighted by molar-refractivity contribution is 0.232. The van der Waals surface area contributed by atoms with Crippen LogP contribution in [0.5, 0.6) is 11.5 Å². The van der Waals surface area contributed by atoms with Crippen LogP contribution in [-0.4, -0.2) is 20.3 Å². The zero-order valence-corrected chi connectivity index (χ0v) is 13.4. The van der Waals surface area contributed by atoms with E-state index in [2.05, 4.69) is 25.7 Å². The maximum absolute atomic E-state index is 5.98. The van der Waals surface area contributed by atoms with Gasteiger partial charge in [-0.3, -0.25) is 0 Å². The summed E-state index contributed by atoms with van der Waals surface area (Å²) in [6.07, 6.45) is 4.84. The van der Waals surface area contributed by atoms with Crippen LogP contribution >= 0.6 is 0 Å². The van der Waals surface area contributed by atoms with E-state index in [-0.39, 0.29) is 0 Å². The molecule has 0 spiro atoms. The Bertz CT molecular complexity index is 474. The molecular weight excluding hydrogens is 262 g/mol. The molecular formula is C18H27NO2. The van der Waals surface area contributed by atoms with E-state index in [4.69, 9.17) is 15.2 Å². The number of unbranched alkanes of at least 4 members (excludes halogenated alkanes) is 1. The monoisotopic (exact) mass is 289 g/mol. The first-order chi connectivity index (χ1) is 10.2. The third-order valence-corrected chi connectivity index (χ3v) is 3.53. The summed E-state index contributed by atoms with van der Waals surface area (Å²) in [5.41, 5.74) is 6.29.